The number of phenols is 1. The lowest BCUT2D eigenvalue weighted by Gasteiger charge is -2.10. The molecule has 0 saturated heterocycles. The lowest BCUT2D eigenvalue weighted by Crippen LogP contribution is -2.04. The Morgan fingerprint density at radius 1 is 0.962 bits per heavy atom. The van der Waals surface area contributed by atoms with E-state index in [1.807, 2.05) is 42.5 Å². The number of aromatic hydroxyl groups is 1. The Bertz CT molecular complexity index is 1140. The zero-order valence-electron chi connectivity index (χ0n) is 14.2. The van der Waals surface area contributed by atoms with Gasteiger partial charge in [-0.1, -0.05) is 30.3 Å². The lowest BCUT2D eigenvalue weighted by atomic mass is 10.0. The van der Waals surface area contributed by atoms with Crippen molar-refractivity contribution >= 4 is 22.3 Å². The van der Waals surface area contributed by atoms with Crippen LogP contribution in [0.25, 0.3) is 22.1 Å². The minimum Gasteiger partial charge on any atom is -0.508 e. The standard InChI is InChI=1S/C22H17NO3/c1-14-4-2-3-5-20(14)23-16-8-6-15(7-9-16)19-13-26-21-12-17(24)10-11-18(21)22(19)25/h2-13,23-24H,1H3. The van der Waals surface area contributed by atoms with Gasteiger partial charge in [-0.15, -0.1) is 0 Å². The number of phenolic OH excluding ortho intramolecular Hbond substituents is 1. The fourth-order valence-electron chi connectivity index (χ4n) is 2.92. The van der Waals surface area contributed by atoms with E-state index in [1.165, 1.54) is 18.4 Å². The van der Waals surface area contributed by atoms with Crippen molar-refractivity contribution in [2.75, 3.05) is 5.32 Å². The number of rotatable bonds is 3. The Morgan fingerprint density at radius 3 is 2.50 bits per heavy atom. The highest BCUT2D eigenvalue weighted by molar-refractivity contribution is 5.82. The molecule has 1 aromatic heterocycles. The highest BCUT2D eigenvalue weighted by Crippen LogP contribution is 2.25. The van der Waals surface area contributed by atoms with Crippen LogP contribution in [0.2, 0.25) is 0 Å². The molecule has 128 valence electrons. The lowest BCUT2D eigenvalue weighted by molar-refractivity contribution is 0.474. The fourth-order valence-corrected chi connectivity index (χ4v) is 2.92. The predicted molar refractivity (Wildman–Crippen MR) is 104 cm³/mol. The Labute approximate surface area is 150 Å². The van der Waals surface area contributed by atoms with Crippen LogP contribution in [0, 0.1) is 6.92 Å². The molecule has 0 saturated carbocycles. The number of hydrogen-bond acceptors (Lipinski definition) is 4. The zero-order valence-corrected chi connectivity index (χ0v) is 14.2. The third-order valence-electron chi connectivity index (χ3n) is 4.38. The van der Waals surface area contributed by atoms with E-state index in [-0.39, 0.29) is 11.2 Å². The summed E-state index contributed by atoms with van der Waals surface area (Å²) in [6.07, 6.45) is 1.44. The van der Waals surface area contributed by atoms with Crippen molar-refractivity contribution in [1.29, 1.82) is 0 Å². The maximum atomic E-state index is 12.7. The first-order valence-electron chi connectivity index (χ1n) is 8.29. The molecule has 0 aliphatic heterocycles. The van der Waals surface area contributed by atoms with Crippen molar-refractivity contribution in [2.24, 2.45) is 0 Å². The molecule has 0 bridgehead atoms. The third kappa shape index (κ3) is 2.93. The van der Waals surface area contributed by atoms with Crippen molar-refractivity contribution in [3.05, 3.63) is 88.8 Å². The third-order valence-corrected chi connectivity index (χ3v) is 4.38. The second-order valence-corrected chi connectivity index (χ2v) is 6.18. The quantitative estimate of drug-likeness (QED) is 0.535. The SMILES string of the molecule is Cc1ccccc1Nc1ccc(-c2coc3cc(O)ccc3c2=O)cc1. The first kappa shape index (κ1) is 16.0. The molecular weight excluding hydrogens is 326 g/mol. The molecule has 26 heavy (non-hydrogen) atoms. The summed E-state index contributed by atoms with van der Waals surface area (Å²) in [5.41, 5.74) is 4.68. The van der Waals surface area contributed by atoms with Crippen LogP contribution in [0.5, 0.6) is 5.75 Å². The smallest absolute Gasteiger partial charge is 0.200 e. The van der Waals surface area contributed by atoms with Crippen molar-refractivity contribution < 1.29 is 9.52 Å². The van der Waals surface area contributed by atoms with Gasteiger partial charge >= 0.3 is 0 Å². The van der Waals surface area contributed by atoms with E-state index in [0.717, 1.165) is 22.5 Å². The largest absolute Gasteiger partial charge is 0.508 e. The molecule has 0 fully saturated rings. The number of aryl methyl sites for hydroxylation is 1. The van der Waals surface area contributed by atoms with Crippen molar-refractivity contribution in [2.45, 2.75) is 6.92 Å². The average Bonchev–Trinajstić information content (AvgIpc) is 2.65. The van der Waals surface area contributed by atoms with Gasteiger partial charge in [-0.3, -0.25) is 4.79 Å². The maximum absolute atomic E-state index is 12.7. The average molecular weight is 343 g/mol. The minimum absolute atomic E-state index is 0.0695. The molecule has 0 aliphatic carbocycles. The second-order valence-electron chi connectivity index (χ2n) is 6.18. The van der Waals surface area contributed by atoms with Crippen molar-refractivity contribution in [3.8, 4) is 16.9 Å². The molecule has 0 aliphatic rings. The molecule has 4 aromatic rings. The topological polar surface area (TPSA) is 62.5 Å². The summed E-state index contributed by atoms with van der Waals surface area (Å²) in [7, 11) is 0. The molecule has 2 N–H and O–H groups in total. The van der Waals surface area contributed by atoms with Gasteiger partial charge in [0.15, 0.2) is 5.43 Å². The van der Waals surface area contributed by atoms with E-state index in [0.29, 0.717) is 16.5 Å². The van der Waals surface area contributed by atoms with E-state index in [9.17, 15) is 9.90 Å². The molecule has 1 heterocycles. The summed E-state index contributed by atoms with van der Waals surface area (Å²) in [4.78, 5) is 12.7. The van der Waals surface area contributed by atoms with Crippen LogP contribution in [0.15, 0.2) is 82.2 Å². The van der Waals surface area contributed by atoms with Gasteiger partial charge in [-0.25, -0.2) is 0 Å². The van der Waals surface area contributed by atoms with Crippen LogP contribution in [-0.2, 0) is 0 Å². The fraction of sp³-hybridized carbons (Fsp3) is 0.0455. The van der Waals surface area contributed by atoms with Crippen LogP contribution in [0.3, 0.4) is 0 Å². The van der Waals surface area contributed by atoms with Gasteiger partial charge in [0, 0.05) is 17.4 Å². The highest BCUT2D eigenvalue weighted by Gasteiger charge is 2.10. The highest BCUT2D eigenvalue weighted by atomic mass is 16.3. The van der Waals surface area contributed by atoms with E-state index < -0.39 is 0 Å². The first-order chi connectivity index (χ1) is 12.6. The van der Waals surface area contributed by atoms with Crippen molar-refractivity contribution in [1.82, 2.24) is 0 Å². The number of fused-ring (bicyclic) bond motifs is 1. The van der Waals surface area contributed by atoms with Crippen LogP contribution in [0.4, 0.5) is 11.4 Å². The molecule has 3 aromatic carbocycles. The Kier molecular flexibility index (Phi) is 3.93. The van der Waals surface area contributed by atoms with Crippen LogP contribution in [-0.4, -0.2) is 5.11 Å². The predicted octanol–water partition coefficient (Wildman–Crippen LogP) is 5.22. The molecule has 0 amide bonds. The molecule has 4 rings (SSSR count). The second kappa shape index (κ2) is 6.41. The molecule has 0 radical (unpaired) electrons. The van der Waals surface area contributed by atoms with E-state index in [4.69, 9.17) is 4.42 Å². The molecular formula is C22H17NO3. The van der Waals surface area contributed by atoms with Gasteiger partial charge in [0.05, 0.1) is 10.9 Å². The summed E-state index contributed by atoms with van der Waals surface area (Å²) in [5, 5.41) is 13.3. The summed E-state index contributed by atoms with van der Waals surface area (Å²) in [6, 6.07) is 20.2. The minimum atomic E-state index is -0.120. The monoisotopic (exact) mass is 343 g/mol. The van der Waals surface area contributed by atoms with E-state index in [1.54, 1.807) is 6.07 Å². The summed E-state index contributed by atoms with van der Waals surface area (Å²) in [6.45, 7) is 2.05. The Hall–Kier alpha value is -3.53. The van der Waals surface area contributed by atoms with E-state index >= 15 is 0 Å². The summed E-state index contributed by atoms with van der Waals surface area (Å²) < 4.78 is 5.52. The zero-order chi connectivity index (χ0) is 18.1. The van der Waals surface area contributed by atoms with Crippen molar-refractivity contribution in [3.63, 3.8) is 0 Å². The molecule has 4 nitrogen and oxygen atoms in total. The van der Waals surface area contributed by atoms with Crippen LogP contribution >= 0.6 is 0 Å². The first-order valence-corrected chi connectivity index (χ1v) is 8.29. The number of benzene rings is 3. The van der Waals surface area contributed by atoms with E-state index in [2.05, 4.69) is 18.3 Å². The number of nitrogens with one attached hydrogen (secondary N) is 1. The van der Waals surface area contributed by atoms with Gasteiger partial charge in [-0.2, -0.15) is 0 Å². The van der Waals surface area contributed by atoms with Gasteiger partial charge < -0.3 is 14.8 Å². The normalized spacial score (nSPS) is 10.8. The van der Waals surface area contributed by atoms with Crippen LogP contribution in [0.1, 0.15) is 5.56 Å². The number of anilines is 2. The molecule has 0 spiro atoms. The van der Waals surface area contributed by atoms with Gasteiger partial charge in [0.25, 0.3) is 0 Å². The number of hydrogen-bond donors (Lipinski definition) is 2. The summed E-state index contributed by atoms with van der Waals surface area (Å²) in [5.74, 6) is 0.0695. The maximum Gasteiger partial charge on any atom is 0.200 e. The van der Waals surface area contributed by atoms with Gasteiger partial charge in [0.2, 0.25) is 0 Å². The molecule has 0 unspecified atom stereocenters. The Morgan fingerprint density at radius 2 is 1.73 bits per heavy atom. The Balaban J connectivity index is 1.68. The van der Waals surface area contributed by atoms with Gasteiger partial charge in [0.1, 0.15) is 17.6 Å². The molecule has 0 atom stereocenters. The summed E-state index contributed by atoms with van der Waals surface area (Å²) >= 11 is 0. The van der Waals surface area contributed by atoms with Crippen LogP contribution < -0.4 is 10.7 Å². The number of para-hydroxylation sites is 1. The molecule has 4 heteroatoms. The van der Waals surface area contributed by atoms with Gasteiger partial charge in [-0.05, 0) is 48.4 Å².